The van der Waals surface area contributed by atoms with Crippen LogP contribution in [0.2, 0.25) is 0 Å². The first-order chi connectivity index (χ1) is 13.6. The Bertz CT molecular complexity index is 451. The highest BCUT2D eigenvalue weighted by Crippen LogP contribution is 2.20. The number of hydrogen-bond donors (Lipinski definition) is 1. The monoisotopic (exact) mass is 477 g/mol. The summed E-state index contributed by atoms with van der Waals surface area (Å²) in [6, 6.07) is 0. The van der Waals surface area contributed by atoms with E-state index in [0.717, 1.165) is 19.3 Å². The van der Waals surface area contributed by atoms with Crippen molar-refractivity contribution in [3.8, 4) is 0 Å². The van der Waals surface area contributed by atoms with Crippen molar-refractivity contribution in [1.82, 2.24) is 0 Å². The van der Waals surface area contributed by atoms with Gasteiger partial charge in [0, 0.05) is 0 Å². The molecule has 6 heteroatoms. The number of quaternary nitrogens is 1. The molecule has 0 fully saturated rings. The Kier molecular flexibility index (Phi) is 16.0. The van der Waals surface area contributed by atoms with E-state index in [4.69, 9.17) is 0 Å². The molecule has 0 rings (SSSR count). The molecule has 0 saturated carbocycles. The second kappa shape index (κ2) is 16.3. The molecule has 0 radical (unpaired) electrons. The van der Waals surface area contributed by atoms with Gasteiger partial charge in [-0.05, 0) is 6.42 Å². The number of carboxylic acids is 1. The van der Waals surface area contributed by atoms with E-state index >= 15 is 0 Å². The molecule has 0 aromatic heterocycles. The van der Waals surface area contributed by atoms with Gasteiger partial charge in [0.25, 0.3) is 0 Å². The molecule has 0 aliphatic rings. The van der Waals surface area contributed by atoms with Crippen LogP contribution >= 0.6 is 15.9 Å². The Labute approximate surface area is 187 Å². The lowest BCUT2D eigenvalue weighted by Crippen LogP contribution is -2.52. The molecule has 0 amide bonds. The fraction of sp³-hybridized carbons (Fsp3) is 0.913. The number of aliphatic carboxylic acids is 1. The van der Waals surface area contributed by atoms with Gasteiger partial charge in [0.2, 0.25) is 0 Å². The second-order valence-corrected chi connectivity index (χ2v) is 10.5. The highest BCUT2D eigenvalue weighted by Gasteiger charge is 2.34. The number of carboxylic acid groups (broad SMARTS) is 1. The predicted octanol–water partition coefficient (Wildman–Crippen LogP) is 3.84. The van der Waals surface area contributed by atoms with Crippen molar-refractivity contribution in [2.45, 2.75) is 101 Å². The maximum Gasteiger partial charge on any atom is 0.157 e. The maximum atomic E-state index is 12.5. The minimum Gasteiger partial charge on any atom is -0.549 e. The fourth-order valence-corrected chi connectivity index (χ4v) is 4.24. The van der Waals surface area contributed by atoms with Gasteiger partial charge in [0.1, 0.15) is 12.6 Å². The minimum atomic E-state index is -1.49. The van der Waals surface area contributed by atoms with Gasteiger partial charge < -0.3 is 19.5 Å². The number of alkyl halides is 1. The maximum absolute atomic E-state index is 12.5. The molecule has 0 aliphatic carbocycles. The lowest BCUT2D eigenvalue weighted by molar-refractivity contribution is -0.873. The summed E-state index contributed by atoms with van der Waals surface area (Å²) >= 11 is 3.33. The highest BCUT2D eigenvalue weighted by atomic mass is 79.9. The van der Waals surface area contributed by atoms with Crippen molar-refractivity contribution in [3.05, 3.63) is 0 Å². The summed E-state index contributed by atoms with van der Waals surface area (Å²) in [7, 11) is 5.54. The summed E-state index contributed by atoms with van der Waals surface area (Å²) in [6.45, 7) is 2.42. The van der Waals surface area contributed by atoms with Crippen molar-refractivity contribution >= 4 is 27.7 Å². The summed E-state index contributed by atoms with van der Waals surface area (Å²) in [5, 5.41) is 21.7. The topological polar surface area (TPSA) is 77.4 Å². The van der Waals surface area contributed by atoms with Crippen LogP contribution < -0.4 is 5.11 Å². The van der Waals surface area contributed by atoms with Gasteiger partial charge in [-0.3, -0.25) is 4.79 Å². The number of halogens is 1. The van der Waals surface area contributed by atoms with E-state index in [1.54, 1.807) is 0 Å². The SMILES string of the molecule is CCCCCCCCCCCCCCC(Br)C(=O)C(C(=O)[O-])C(O)C[N+](C)(C)C. The third-order valence-corrected chi connectivity index (χ3v) is 6.21. The molecular formula is C23H44BrNO4. The summed E-state index contributed by atoms with van der Waals surface area (Å²) in [5.74, 6) is -3.45. The number of likely N-dealkylation sites (N-methyl/N-ethyl adjacent to an activating group) is 1. The molecule has 0 saturated heterocycles. The third-order valence-electron chi connectivity index (χ3n) is 5.30. The second-order valence-electron chi connectivity index (χ2n) is 9.38. The Morgan fingerprint density at radius 3 is 1.66 bits per heavy atom. The largest absolute Gasteiger partial charge is 0.549 e. The van der Waals surface area contributed by atoms with Gasteiger partial charge >= 0.3 is 0 Å². The molecule has 0 spiro atoms. The molecule has 0 aromatic carbocycles. The van der Waals surface area contributed by atoms with Gasteiger partial charge in [0.15, 0.2) is 5.78 Å². The molecule has 0 aliphatic heterocycles. The van der Waals surface area contributed by atoms with Gasteiger partial charge in [-0.25, -0.2) is 0 Å². The zero-order valence-corrected chi connectivity index (χ0v) is 20.7. The summed E-state index contributed by atoms with van der Waals surface area (Å²) in [5.41, 5.74) is 0. The zero-order valence-electron chi connectivity index (χ0n) is 19.1. The van der Waals surface area contributed by atoms with Crippen LogP contribution in [-0.2, 0) is 9.59 Å². The van der Waals surface area contributed by atoms with E-state index in [9.17, 15) is 19.8 Å². The number of Topliss-reactive ketones (excluding diaryl/α,β-unsaturated/α-hetero) is 1. The smallest absolute Gasteiger partial charge is 0.157 e. The molecule has 29 heavy (non-hydrogen) atoms. The summed E-state index contributed by atoms with van der Waals surface area (Å²) in [6.07, 6.45) is 14.3. The number of carbonyl (C=O) groups is 2. The number of carbonyl (C=O) groups excluding carboxylic acids is 2. The quantitative estimate of drug-likeness (QED) is 0.132. The van der Waals surface area contributed by atoms with Gasteiger partial charge in [-0.15, -0.1) is 0 Å². The average molecular weight is 479 g/mol. The number of aliphatic hydroxyl groups is 1. The molecule has 0 aromatic rings. The minimum absolute atomic E-state index is 0.183. The number of hydrogen-bond acceptors (Lipinski definition) is 4. The first-order valence-electron chi connectivity index (χ1n) is 11.5. The van der Waals surface area contributed by atoms with E-state index < -0.39 is 28.6 Å². The third kappa shape index (κ3) is 15.1. The van der Waals surface area contributed by atoms with Crippen LogP contribution in [0.3, 0.4) is 0 Å². The number of unbranched alkanes of at least 4 members (excludes halogenated alkanes) is 11. The van der Waals surface area contributed by atoms with Crippen molar-refractivity contribution in [1.29, 1.82) is 0 Å². The summed E-state index contributed by atoms with van der Waals surface area (Å²) in [4.78, 5) is 23.4. The van der Waals surface area contributed by atoms with Crippen molar-refractivity contribution in [2.75, 3.05) is 27.7 Å². The van der Waals surface area contributed by atoms with Gasteiger partial charge in [-0.2, -0.15) is 0 Å². The normalized spacial score (nSPS) is 15.1. The number of rotatable bonds is 19. The van der Waals surface area contributed by atoms with Crippen LogP contribution in [0.15, 0.2) is 0 Å². The molecule has 3 atom stereocenters. The average Bonchev–Trinajstić information content (AvgIpc) is 2.60. The molecule has 0 heterocycles. The lowest BCUT2D eigenvalue weighted by Gasteiger charge is -2.31. The fourth-order valence-electron chi connectivity index (χ4n) is 3.63. The molecule has 0 bridgehead atoms. The van der Waals surface area contributed by atoms with E-state index in [0.29, 0.717) is 10.9 Å². The highest BCUT2D eigenvalue weighted by molar-refractivity contribution is 9.10. The van der Waals surface area contributed by atoms with Crippen LogP contribution in [-0.4, -0.2) is 60.0 Å². The number of aliphatic hydroxyl groups excluding tert-OH is 1. The number of nitrogens with zero attached hydrogens (tertiary/aromatic N) is 1. The van der Waals surface area contributed by atoms with Crippen LogP contribution in [0, 0.1) is 5.92 Å². The standard InChI is InChI=1S/C23H44BrNO4/c1-5-6-7-8-9-10-11-12-13-14-15-16-17-19(24)22(27)21(23(28)29)20(26)18-25(2,3)4/h19-21,26H,5-18H2,1-4H3. The molecule has 172 valence electrons. The van der Waals surface area contributed by atoms with Gasteiger partial charge in [-0.1, -0.05) is 99.9 Å². The Balaban J connectivity index is 3.98. The number of ketones is 1. The van der Waals surface area contributed by atoms with Crippen LogP contribution in [0.1, 0.15) is 90.4 Å². The Morgan fingerprint density at radius 1 is 0.862 bits per heavy atom. The van der Waals surface area contributed by atoms with Crippen molar-refractivity contribution < 1.29 is 24.3 Å². The Hall–Kier alpha value is -0.460. The lowest BCUT2D eigenvalue weighted by atomic mass is 9.92. The van der Waals surface area contributed by atoms with Crippen molar-refractivity contribution in [3.63, 3.8) is 0 Å². The van der Waals surface area contributed by atoms with Crippen LogP contribution in [0.5, 0.6) is 0 Å². The van der Waals surface area contributed by atoms with E-state index in [1.165, 1.54) is 57.8 Å². The first-order valence-corrected chi connectivity index (χ1v) is 12.4. The van der Waals surface area contributed by atoms with E-state index in [1.807, 2.05) is 21.1 Å². The van der Waals surface area contributed by atoms with Crippen LogP contribution in [0.4, 0.5) is 0 Å². The Morgan fingerprint density at radius 2 is 1.28 bits per heavy atom. The predicted molar refractivity (Wildman–Crippen MR) is 121 cm³/mol. The first kappa shape index (κ1) is 28.5. The zero-order chi connectivity index (χ0) is 22.3. The molecule has 3 unspecified atom stereocenters. The summed E-state index contributed by atoms with van der Waals surface area (Å²) < 4.78 is 0.379. The van der Waals surface area contributed by atoms with E-state index in [-0.39, 0.29) is 6.54 Å². The molecule has 5 nitrogen and oxygen atoms in total. The van der Waals surface area contributed by atoms with E-state index in [2.05, 4.69) is 22.9 Å². The van der Waals surface area contributed by atoms with Gasteiger partial charge in [0.05, 0.1) is 37.9 Å². The molecular weight excluding hydrogens is 434 g/mol. The molecule has 1 N–H and O–H groups in total. The van der Waals surface area contributed by atoms with Crippen molar-refractivity contribution in [2.24, 2.45) is 5.92 Å². The van der Waals surface area contributed by atoms with Crippen LogP contribution in [0.25, 0.3) is 0 Å².